The first-order chi connectivity index (χ1) is 6.24. The third kappa shape index (κ3) is 1.72. The average Bonchev–Trinajstić information content (AvgIpc) is 2.20. The van der Waals surface area contributed by atoms with Crippen molar-refractivity contribution in [2.45, 2.75) is 57.5 Å². The number of hydrogen-bond acceptors (Lipinski definition) is 2. The summed E-state index contributed by atoms with van der Waals surface area (Å²) in [5, 5.41) is 0. The lowest BCUT2D eigenvalue weighted by Crippen LogP contribution is -2.43. The van der Waals surface area contributed by atoms with Crippen molar-refractivity contribution in [3.05, 3.63) is 0 Å². The predicted molar refractivity (Wildman–Crippen MR) is 50.3 cm³/mol. The largest absolute Gasteiger partial charge is 0.459 e. The van der Waals surface area contributed by atoms with Crippen molar-refractivity contribution in [2.24, 2.45) is 5.92 Å². The summed E-state index contributed by atoms with van der Waals surface area (Å²) in [5.41, 5.74) is -0.0398. The Labute approximate surface area is 79.7 Å². The molecule has 3 fully saturated rings. The van der Waals surface area contributed by atoms with Gasteiger partial charge in [0.2, 0.25) is 0 Å². The van der Waals surface area contributed by atoms with Gasteiger partial charge in [-0.2, -0.15) is 0 Å². The summed E-state index contributed by atoms with van der Waals surface area (Å²) in [5.74, 6) is 0.919. The van der Waals surface area contributed by atoms with E-state index in [9.17, 15) is 4.79 Å². The molecule has 0 N–H and O–H groups in total. The Morgan fingerprint density at radius 2 is 1.85 bits per heavy atom. The van der Waals surface area contributed by atoms with Gasteiger partial charge in [0.25, 0.3) is 0 Å². The molecule has 2 bridgehead atoms. The fourth-order valence-electron chi connectivity index (χ4n) is 2.68. The van der Waals surface area contributed by atoms with Crippen LogP contribution in [-0.2, 0) is 9.53 Å². The van der Waals surface area contributed by atoms with Crippen LogP contribution in [0, 0.1) is 5.92 Å². The van der Waals surface area contributed by atoms with E-state index in [2.05, 4.69) is 0 Å². The van der Waals surface area contributed by atoms with Crippen molar-refractivity contribution in [3.63, 3.8) is 0 Å². The van der Waals surface area contributed by atoms with Crippen LogP contribution in [0.3, 0.4) is 0 Å². The van der Waals surface area contributed by atoms with Gasteiger partial charge in [0, 0.05) is 6.42 Å². The van der Waals surface area contributed by atoms with E-state index >= 15 is 0 Å². The first kappa shape index (κ1) is 9.04. The molecule has 3 saturated carbocycles. The summed E-state index contributed by atoms with van der Waals surface area (Å²) < 4.78 is 5.58. The van der Waals surface area contributed by atoms with E-state index in [1.165, 1.54) is 19.3 Å². The molecule has 0 heterocycles. The molecule has 13 heavy (non-hydrogen) atoms. The molecular weight excluding hydrogens is 164 g/mol. The minimum atomic E-state index is -0.0398. The van der Waals surface area contributed by atoms with Crippen molar-refractivity contribution in [1.82, 2.24) is 0 Å². The zero-order valence-corrected chi connectivity index (χ0v) is 8.34. The zero-order chi connectivity index (χ0) is 9.31. The Morgan fingerprint density at radius 3 is 2.31 bits per heavy atom. The van der Waals surface area contributed by atoms with Crippen molar-refractivity contribution < 1.29 is 9.53 Å². The van der Waals surface area contributed by atoms with E-state index < -0.39 is 0 Å². The number of hydrogen-bond donors (Lipinski definition) is 0. The van der Waals surface area contributed by atoms with Gasteiger partial charge in [0.15, 0.2) is 0 Å². The third-order valence-corrected chi connectivity index (χ3v) is 3.64. The lowest BCUT2D eigenvalue weighted by atomic mass is 9.68. The van der Waals surface area contributed by atoms with E-state index in [1.807, 2.05) is 6.92 Å². The van der Waals surface area contributed by atoms with Crippen LogP contribution in [0.15, 0.2) is 0 Å². The molecule has 0 radical (unpaired) electrons. The number of carbonyl (C=O) groups excluding carboxylic acids is 1. The van der Waals surface area contributed by atoms with E-state index in [0.29, 0.717) is 6.42 Å². The van der Waals surface area contributed by atoms with Gasteiger partial charge in [-0.15, -0.1) is 0 Å². The molecular formula is C11H18O2. The standard InChI is InChI=1S/C11H18O2/c1-2-10(12)13-11-6-3-9(4-7-11)5-8-11/h9H,2-8H2,1H3. The molecule has 3 rings (SSSR count). The fraction of sp³-hybridized carbons (Fsp3) is 0.909. The summed E-state index contributed by atoms with van der Waals surface area (Å²) in [6, 6.07) is 0. The molecule has 0 atom stereocenters. The maximum absolute atomic E-state index is 11.2. The predicted octanol–water partition coefficient (Wildman–Crippen LogP) is 2.66. The summed E-state index contributed by atoms with van der Waals surface area (Å²) in [7, 11) is 0. The van der Waals surface area contributed by atoms with Crippen LogP contribution in [0.2, 0.25) is 0 Å². The maximum atomic E-state index is 11.2. The van der Waals surface area contributed by atoms with Gasteiger partial charge in [-0.3, -0.25) is 4.79 Å². The molecule has 0 aromatic carbocycles. The van der Waals surface area contributed by atoms with Crippen molar-refractivity contribution in [2.75, 3.05) is 0 Å². The first-order valence-corrected chi connectivity index (χ1v) is 5.46. The van der Waals surface area contributed by atoms with Gasteiger partial charge in [-0.05, 0) is 44.4 Å². The molecule has 2 nitrogen and oxygen atoms in total. The highest BCUT2D eigenvalue weighted by Gasteiger charge is 2.42. The van der Waals surface area contributed by atoms with Crippen molar-refractivity contribution in [1.29, 1.82) is 0 Å². The molecule has 2 heteroatoms. The van der Waals surface area contributed by atoms with Crippen LogP contribution in [0.25, 0.3) is 0 Å². The highest BCUT2D eigenvalue weighted by atomic mass is 16.6. The average molecular weight is 182 g/mol. The SMILES string of the molecule is CCC(=O)OC12CCC(CC1)CC2. The van der Waals surface area contributed by atoms with E-state index in [4.69, 9.17) is 4.74 Å². The van der Waals surface area contributed by atoms with Gasteiger partial charge in [-0.1, -0.05) is 6.92 Å². The molecule has 0 aliphatic heterocycles. The second-order valence-corrected chi connectivity index (χ2v) is 4.49. The van der Waals surface area contributed by atoms with Gasteiger partial charge in [-0.25, -0.2) is 0 Å². The number of esters is 1. The molecule has 0 aromatic heterocycles. The summed E-state index contributed by atoms with van der Waals surface area (Å²) >= 11 is 0. The summed E-state index contributed by atoms with van der Waals surface area (Å²) in [4.78, 5) is 11.2. The number of fused-ring (bicyclic) bond motifs is 3. The Balaban J connectivity index is 1.98. The van der Waals surface area contributed by atoms with Gasteiger partial charge in [0.1, 0.15) is 5.60 Å². The lowest BCUT2D eigenvalue weighted by molar-refractivity contribution is -0.170. The minimum absolute atomic E-state index is 0.0136. The van der Waals surface area contributed by atoms with Gasteiger partial charge >= 0.3 is 5.97 Å². The van der Waals surface area contributed by atoms with Crippen LogP contribution in [-0.4, -0.2) is 11.6 Å². The van der Waals surface area contributed by atoms with Gasteiger partial charge in [0.05, 0.1) is 0 Å². The highest BCUT2D eigenvalue weighted by Crippen LogP contribution is 2.46. The Morgan fingerprint density at radius 1 is 1.31 bits per heavy atom. The maximum Gasteiger partial charge on any atom is 0.306 e. The van der Waals surface area contributed by atoms with Crippen LogP contribution >= 0.6 is 0 Å². The normalized spacial score (nSPS) is 37.5. The molecule has 3 aliphatic carbocycles. The Kier molecular flexibility index (Phi) is 2.31. The quantitative estimate of drug-likeness (QED) is 0.614. The summed E-state index contributed by atoms with van der Waals surface area (Å²) in [6.07, 6.45) is 7.69. The first-order valence-electron chi connectivity index (χ1n) is 5.46. The molecule has 0 unspecified atom stereocenters. The Hall–Kier alpha value is -0.530. The molecule has 0 saturated heterocycles. The van der Waals surface area contributed by atoms with E-state index in [0.717, 1.165) is 25.2 Å². The number of carbonyl (C=O) groups is 1. The topological polar surface area (TPSA) is 26.3 Å². The molecule has 74 valence electrons. The second-order valence-electron chi connectivity index (χ2n) is 4.49. The second kappa shape index (κ2) is 3.32. The van der Waals surface area contributed by atoms with Crippen LogP contribution in [0.5, 0.6) is 0 Å². The number of rotatable bonds is 2. The van der Waals surface area contributed by atoms with Crippen LogP contribution in [0.4, 0.5) is 0 Å². The molecule has 0 amide bonds. The Bertz CT molecular complexity index is 188. The van der Waals surface area contributed by atoms with Crippen LogP contribution < -0.4 is 0 Å². The molecule has 0 aromatic rings. The van der Waals surface area contributed by atoms with E-state index in [-0.39, 0.29) is 11.6 Å². The van der Waals surface area contributed by atoms with Crippen molar-refractivity contribution >= 4 is 5.97 Å². The minimum Gasteiger partial charge on any atom is -0.459 e. The van der Waals surface area contributed by atoms with E-state index in [1.54, 1.807) is 0 Å². The van der Waals surface area contributed by atoms with Gasteiger partial charge < -0.3 is 4.74 Å². The third-order valence-electron chi connectivity index (χ3n) is 3.64. The fourth-order valence-corrected chi connectivity index (χ4v) is 2.68. The lowest BCUT2D eigenvalue weighted by Gasteiger charge is -2.45. The summed E-state index contributed by atoms with van der Waals surface area (Å²) in [6.45, 7) is 1.87. The van der Waals surface area contributed by atoms with Crippen molar-refractivity contribution in [3.8, 4) is 0 Å². The molecule has 3 aliphatic rings. The molecule has 0 spiro atoms. The zero-order valence-electron chi connectivity index (χ0n) is 8.34. The highest BCUT2D eigenvalue weighted by molar-refractivity contribution is 5.69. The smallest absolute Gasteiger partial charge is 0.306 e. The van der Waals surface area contributed by atoms with Crippen LogP contribution in [0.1, 0.15) is 51.9 Å². The number of ether oxygens (including phenoxy) is 1. The monoisotopic (exact) mass is 182 g/mol.